The highest BCUT2D eigenvalue weighted by atomic mass is 32.1. The van der Waals surface area contributed by atoms with Gasteiger partial charge in [0.1, 0.15) is 4.75 Å². The zero-order valence-electron chi connectivity index (χ0n) is 7.63. The van der Waals surface area contributed by atoms with Gasteiger partial charge in [0.25, 0.3) is 0 Å². The van der Waals surface area contributed by atoms with Crippen LogP contribution in [0.2, 0.25) is 0 Å². The van der Waals surface area contributed by atoms with Crippen molar-refractivity contribution in [1.82, 2.24) is 0 Å². The zero-order valence-corrected chi connectivity index (χ0v) is 8.53. The van der Waals surface area contributed by atoms with Gasteiger partial charge in [-0.05, 0) is 12.8 Å². The Morgan fingerprint density at radius 1 is 1.20 bits per heavy atom. The van der Waals surface area contributed by atoms with E-state index in [9.17, 15) is 22.8 Å². The minimum absolute atomic E-state index is 0.333. The topological polar surface area (TPSA) is 43.4 Å². The van der Waals surface area contributed by atoms with Crippen LogP contribution in [0.1, 0.15) is 25.7 Å². The number of alkyl halides is 3. The van der Waals surface area contributed by atoms with E-state index in [0.717, 1.165) is 0 Å². The third-order valence-corrected chi connectivity index (χ3v) is 2.86. The van der Waals surface area contributed by atoms with Gasteiger partial charge < -0.3 is 4.74 Å². The van der Waals surface area contributed by atoms with E-state index in [2.05, 4.69) is 17.4 Å². The van der Waals surface area contributed by atoms with Crippen LogP contribution in [0.3, 0.4) is 0 Å². The predicted octanol–water partition coefficient (Wildman–Crippen LogP) is 1.86. The molecule has 86 valence electrons. The first-order chi connectivity index (χ1) is 6.76. The maximum absolute atomic E-state index is 11.8. The number of rotatable bonds is 1. The van der Waals surface area contributed by atoms with Gasteiger partial charge in [0.2, 0.25) is 0 Å². The van der Waals surface area contributed by atoms with Crippen molar-refractivity contribution in [1.29, 1.82) is 0 Å². The van der Waals surface area contributed by atoms with Crippen LogP contribution in [-0.2, 0) is 14.3 Å². The van der Waals surface area contributed by atoms with E-state index in [0.29, 0.717) is 25.7 Å². The largest absolute Gasteiger partial charge is 0.491 e. The Hall–Kier alpha value is -0.720. The summed E-state index contributed by atoms with van der Waals surface area (Å²) in [6.07, 6.45) is -3.09. The Bertz CT molecular complexity index is 281. The highest BCUT2D eigenvalue weighted by molar-refractivity contribution is 7.82. The Morgan fingerprint density at radius 3 is 2.07 bits per heavy atom. The maximum Gasteiger partial charge on any atom is 0.491 e. The second-order valence-electron chi connectivity index (χ2n) is 3.41. The SMILES string of the molecule is O=C(OC(=O)C1(S)CCCC1)C(F)(F)F. The molecule has 7 heteroatoms. The van der Waals surface area contributed by atoms with Gasteiger partial charge in [0, 0.05) is 0 Å². The molecule has 0 amide bonds. The number of esters is 2. The average Bonchev–Trinajstić information content (AvgIpc) is 2.51. The molecular formula is C8H9F3O3S. The summed E-state index contributed by atoms with van der Waals surface area (Å²) in [5.41, 5.74) is 0. The molecule has 0 aromatic heterocycles. The first-order valence-corrected chi connectivity index (χ1v) is 4.76. The van der Waals surface area contributed by atoms with Crippen molar-refractivity contribution in [2.24, 2.45) is 0 Å². The van der Waals surface area contributed by atoms with Crippen LogP contribution in [0.25, 0.3) is 0 Å². The van der Waals surface area contributed by atoms with E-state index in [-0.39, 0.29) is 0 Å². The second-order valence-corrected chi connectivity index (χ2v) is 4.27. The van der Waals surface area contributed by atoms with Crippen LogP contribution in [0, 0.1) is 0 Å². The minimum Gasteiger partial charge on any atom is -0.385 e. The number of hydrogen-bond donors (Lipinski definition) is 1. The molecule has 0 N–H and O–H groups in total. The number of halogens is 3. The summed E-state index contributed by atoms with van der Waals surface area (Å²) in [7, 11) is 0. The average molecular weight is 242 g/mol. The fourth-order valence-electron chi connectivity index (χ4n) is 1.40. The molecule has 0 aromatic rings. The van der Waals surface area contributed by atoms with Crippen molar-refractivity contribution in [3.8, 4) is 0 Å². The third-order valence-electron chi connectivity index (χ3n) is 2.23. The predicted molar refractivity (Wildman–Crippen MR) is 47.3 cm³/mol. The van der Waals surface area contributed by atoms with Crippen LogP contribution in [0.5, 0.6) is 0 Å². The molecule has 1 aliphatic carbocycles. The smallest absolute Gasteiger partial charge is 0.385 e. The molecule has 0 heterocycles. The highest BCUT2D eigenvalue weighted by Crippen LogP contribution is 2.36. The molecule has 3 nitrogen and oxygen atoms in total. The summed E-state index contributed by atoms with van der Waals surface area (Å²) >= 11 is 3.95. The molecule has 1 fully saturated rings. The Morgan fingerprint density at radius 2 is 1.67 bits per heavy atom. The molecule has 0 radical (unpaired) electrons. The summed E-state index contributed by atoms with van der Waals surface area (Å²) in [5, 5.41) is 0. The monoisotopic (exact) mass is 242 g/mol. The lowest BCUT2D eigenvalue weighted by atomic mass is 10.1. The van der Waals surface area contributed by atoms with Crippen molar-refractivity contribution in [2.45, 2.75) is 36.6 Å². The van der Waals surface area contributed by atoms with Crippen LogP contribution in [0.15, 0.2) is 0 Å². The Labute approximate surface area is 89.4 Å². The summed E-state index contributed by atoms with van der Waals surface area (Å²) in [6, 6.07) is 0. The summed E-state index contributed by atoms with van der Waals surface area (Å²) in [5.74, 6) is -3.68. The van der Waals surface area contributed by atoms with Gasteiger partial charge in [0.05, 0.1) is 0 Å². The minimum atomic E-state index is -5.14. The normalized spacial score (nSPS) is 20.0. The van der Waals surface area contributed by atoms with E-state index in [1.165, 1.54) is 0 Å². The van der Waals surface area contributed by atoms with Crippen molar-refractivity contribution < 1.29 is 27.5 Å². The maximum atomic E-state index is 11.8. The van der Waals surface area contributed by atoms with Gasteiger partial charge >= 0.3 is 18.1 Å². The molecule has 0 saturated heterocycles. The number of thiol groups is 1. The lowest BCUT2D eigenvalue weighted by molar-refractivity contribution is -0.202. The van der Waals surface area contributed by atoms with E-state index < -0.39 is 22.9 Å². The van der Waals surface area contributed by atoms with Gasteiger partial charge in [0.15, 0.2) is 0 Å². The number of hydrogen-bond acceptors (Lipinski definition) is 4. The molecule has 0 aliphatic heterocycles. The number of carbonyl (C=O) groups is 2. The number of carbonyl (C=O) groups excluding carboxylic acids is 2. The van der Waals surface area contributed by atoms with E-state index >= 15 is 0 Å². The summed E-state index contributed by atoms with van der Waals surface area (Å²) < 4.78 is 37.8. The first kappa shape index (κ1) is 12.4. The molecule has 1 aliphatic rings. The van der Waals surface area contributed by atoms with Gasteiger partial charge in [-0.3, -0.25) is 4.79 Å². The van der Waals surface area contributed by atoms with Crippen molar-refractivity contribution in [2.75, 3.05) is 0 Å². The molecule has 1 saturated carbocycles. The molecule has 0 spiro atoms. The first-order valence-electron chi connectivity index (χ1n) is 4.31. The van der Waals surface area contributed by atoms with Gasteiger partial charge in [-0.25, -0.2) is 4.79 Å². The van der Waals surface area contributed by atoms with Crippen LogP contribution in [0.4, 0.5) is 13.2 Å². The molecule has 0 aromatic carbocycles. The Kier molecular flexibility index (Phi) is 3.32. The van der Waals surface area contributed by atoms with E-state index in [1.807, 2.05) is 0 Å². The molecule has 0 unspecified atom stereocenters. The zero-order chi connectivity index (χ0) is 11.7. The fraction of sp³-hybridized carbons (Fsp3) is 0.750. The lowest BCUT2D eigenvalue weighted by Gasteiger charge is -2.19. The molecule has 15 heavy (non-hydrogen) atoms. The third kappa shape index (κ3) is 2.87. The second kappa shape index (κ2) is 4.03. The van der Waals surface area contributed by atoms with Crippen LogP contribution >= 0.6 is 12.6 Å². The summed E-state index contributed by atoms with van der Waals surface area (Å²) in [6.45, 7) is 0. The fourth-order valence-corrected chi connectivity index (χ4v) is 1.76. The molecule has 0 bridgehead atoms. The number of ether oxygens (including phenoxy) is 1. The summed E-state index contributed by atoms with van der Waals surface area (Å²) in [4.78, 5) is 21.6. The van der Waals surface area contributed by atoms with Gasteiger partial charge in [-0.2, -0.15) is 25.8 Å². The Balaban J connectivity index is 2.60. The van der Waals surface area contributed by atoms with Crippen molar-refractivity contribution in [3.63, 3.8) is 0 Å². The van der Waals surface area contributed by atoms with Crippen LogP contribution < -0.4 is 0 Å². The van der Waals surface area contributed by atoms with E-state index in [1.54, 1.807) is 0 Å². The van der Waals surface area contributed by atoms with Crippen molar-refractivity contribution >= 4 is 24.6 Å². The molecular weight excluding hydrogens is 233 g/mol. The highest BCUT2D eigenvalue weighted by Gasteiger charge is 2.47. The standard InChI is InChI=1S/C8H9F3O3S/c9-8(10,11)6(13)14-5(12)7(15)3-1-2-4-7/h15H,1-4H2. The molecule has 1 rings (SSSR count). The molecule has 0 atom stereocenters. The van der Waals surface area contributed by atoms with E-state index in [4.69, 9.17) is 0 Å². The van der Waals surface area contributed by atoms with Gasteiger partial charge in [-0.1, -0.05) is 12.8 Å². The lowest BCUT2D eigenvalue weighted by Crippen LogP contribution is -2.37. The quantitative estimate of drug-likeness (QED) is 0.433. The van der Waals surface area contributed by atoms with Gasteiger partial charge in [-0.15, -0.1) is 0 Å². The van der Waals surface area contributed by atoms with Crippen molar-refractivity contribution in [3.05, 3.63) is 0 Å². The van der Waals surface area contributed by atoms with Crippen LogP contribution in [-0.4, -0.2) is 22.9 Å².